The van der Waals surface area contributed by atoms with Crippen molar-refractivity contribution in [2.45, 2.75) is 150 Å². The molecule has 0 nitrogen and oxygen atoms in total. The van der Waals surface area contributed by atoms with E-state index in [0.717, 1.165) is 0 Å². The summed E-state index contributed by atoms with van der Waals surface area (Å²) in [6.45, 7) is 13.4. The summed E-state index contributed by atoms with van der Waals surface area (Å²) >= 11 is 0. The van der Waals surface area contributed by atoms with Gasteiger partial charge in [0.15, 0.2) is 0 Å². The number of allylic oxidation sites excluding steroid dienone is 4. The Morgan fingerprint density at radius 1 is 0.641 bits per heavy atom. The molecule has 0 N–H and O–H groups in total. The molecule has 0 aromatic heterocycles. The van der Waals surface area contributed by atoms with Gasteiger partial charge in [-0.25, -0.2) is 5.57 Å². The van der Waals surface area contributed by atoms with Gasteiger partial charge in [0.1, 0.15) is 0 Å². The van der Waals surface area contributed by atoms with Gasteiger partial charge in [-0.2, -0.15) is 11.1 Å². The Morgan fingerprint density at radius 2 is 1.03 bits per heavy atom. The summed E-state index contributed by atoms with van der Waals surface area (Å²) in [5.41, 5.74) is 4.25. The molecule has 1 aliphatic carbocycles. The van der Waals surface area contributed by atoms with E-state index in [4.69, 9.17) is 0 Å². The molecule has 5 heteroatoms. The van der Waals surface area contributed by atoms with E-state index in [2.05, 4.69) is 77.6 Å². The van der Waals surface area contributed by atoms with Gasteiger partial charge >= 0.3 is 21.7 Å². The Balaban J connectivity index is -0.000000402. The van der Waals surface area contributed by atoms with Crippen LogP contribution in [-0.4, -0.2) is 8.80 Å². The smallest absolute Gasteiger partial charge is 1.00 e. The second kappa shape index (κ2) is 31.4. The fourth-order valence-electron chi connectivity index (χ4n) is 4.97. The summed E-state index contributed by atoms with van der Waals surface area (Å²) in [5, 5.41) is 1.61. The molecule has 0 fully saturated rings. The molecule has 2 rings (SSSR count). The van der Waals surface area contributed by atoms with Gasteiger partial charge in [0, 0.05) is 0 Å². The molecule has 1 unspecified atom stereocenters. The first-order chi connectivity index (χ1) is 17.0. The summed E-state index contributed by atoms with van der Waals surface area (Å²) in [7, 11) is -0.286. The van der Waals surface area contributed by atoms with Crippen molar-refractivity contribution in [3.05, 3.63) is 53.1 Å². The van der Waals surface area contributed by atoms with Gasteiger partial charge in [-0.1, -0.05) is 184 Å². The minimum atomic E-state index is -0.286. The molecule has 1 atom stereocenters. The standard InChI is InChI=1S/C25H45Si.C9H13.3ClH.Ti/c1-3-4-5-6-7-8-9-10-11-12-13-14-15-16-17-21-24-26(2)25-22-19-18-20-23-25;1-6-5-7(2)9(4)8(6)3;;;;/h18-20,22-23H,3-17,21,24H2,1-2H3;6H,1-4H3;3*1H;/q;-1;;;;+4/p-3. The third kappa shape index (κ3) is 23.7. The van der Waals surface area contributed by atoms with Crippen LogP contribution in [0.5, 0.6) is 0 Å². The van der Waals surface area contributed by atoms with Crippen molar-refractivity contribution in [1.82, 2.24) is 0 Å². The van der Waals surface area contributed by atoms with E-state index >= 15 is 0 Å². The number of unbranched alkanes of at least 4 members (excludes halogenated alkanes) is 15. The zero-order valence-electron chi connectivity index (χ0n) is 26.1. The van der Waals surface area contributed by atoms with Gasteiger partial charge < -0.3 is 37.2 Å². The number of benzene rings is 1. The predicted octanol–water partition coefficient (Wildman–Crippen LogP) is 2.01. The summed E-state index contributed by atoms with van der Waals surface area (Å²) in [6.07, 6.45) is 26.7. The van der Waals surface area contributed by atoms with E-state index in [1.54, 1.807) is 5.19 Å². The first-order valence-electron chi connectivity index (χ1n) is 15.1. The van der Waals surface area contributed by atoms with Crippen molar-refractivity contribution >= 4 is 14.0 Å². The molecule has 223 valence electrons. The SMILES string of the molecule is CC1=[C-]C(C)C(C)=C1C.CCCCCCCCCCCCCCCCCC[Si](C)c1ccccc1.[Cl-].[Cl-].[Cl-].[Ti+4]. The molecule has 1 aromatic rings. The molecule has 1 radical (unpaired) electrons. The molecule has 0 bridgehead atoms. The van der Waals surface area contributed by atoms with Crippen molar-refractivity contribution < 1.29 is 58.9 Å². The molecular weight excluding hydrogens is 591 g/mol. The third-order valence-corrected chi connectivity index (χ3v) is 10.3. The Bertz CT molecular complexity index is 706. The topological polar surface area (TPSA) is 0 Å². The van der Waals surface area contributed by atoms with Crippen LogP contribution in [0.3, 0.4) is 0 Å². The second-order valence-corrected chi connectivity index (χ2v) is 13.6. The van der Waals surface area contributed by atoms with Crippen LogP contribution in [-0.2, 0) is 21.7 Å². The van der Waals surface area contributed by atoms with E-state index in [1.165, 1.54) is 125 Å². The molecule has 0 saturated carbocycles. The molecular formula is C34H58Cl3SiTi. The van der Waals surface area contributed by atoms with Crippen LogP contribution in [0.2, 0.25) is 12.6 Å². The van der Waals surface area contributed by atoms with Crippen molar-refractivity contribution in [3.8, 4) is 0 Å². The monoisotopic (exact) mass is 647 g/mol. The van der Waals surface area contributed by atoms with Crippen LogP contribution >= 0.6 is 0 Å². The average molecular weight is 649 g/mol. The Morgan fingerprint density at radius 3 is 1.33 bits per heavy atom. The summed E-state index contributed by atoms with van der Waals surface area (Å²) in [5.74, 6) is 0.560. The van der Waals surface area contributed by atoms with Crippen molar-refractivity contribution in [2.24, 2.45) is 5.92 Å². The zero-order valence-corrected chi connectivity index (χ0v) is 30.9. The van der Waals surface area contributed by atoms with Crippen LogP contribution in [0, 0.1) is 12.0 Å². The third-order valence-electron chi connectivity index (χ3n) is 7.91. The molecule has 0 saturated heterocycles. The quantitative estimate of drug-likeness (QED) is 0.130. The van der Waals surface area contributed by atoms with Crippen LogP contribution in [0.1, 0.15) is 137 Å². The molecule has 0 aliphatic heterocycles. The fraction of sp³-hybridized carbons (Fsp3) is 0.706. The van der Waals surface area contributed by atoms with Gasteiger partial charge in [-0.05, 0) is 0 Å². The van der Waals surface area contributed by atoms with Gasteiger partial charge in [-0.3, -0.25) is 6.08 Å². The van der Waals surface area contributed by atoms with Crippen molar-refractivity contribution in [1.29, 1.82) is 0 Å². The number of hydrogen-bond donors (Lipinski definition) is 0. The van der Waals surface area contributed by atoms with Crippen molar-refractivity contribution in [3.63, 3.8) is 0 Å². The van der Waals surface area contributed by atoms with E-state index < -0.39 is 0 Å². The summed E-state index contributed by atoms with van der Waals surface area (Å²) in [6, 6.07) is 12.6. The number of rotatable bonds is 18. The maximum Gasteiger partial charge on any atom is 4.00 e. The number of hydrogen-bond acceptors (Lipinski definition) is 0. The fourth-order valence-corrected chi connectivity index (χ4v) is 6.80. The van der Waals surface area contributed by atoms with Gasteiger partial charge in [0.25, 0.3) is 0 Å². The van der Waals surface area contributed by atoms with E-state index in [9.17, 15) is 0 Å². The summed E-state index contributed by atoms with van der Waals surface area (Å²) in [4.78, 5) is 0. The van der Waals surface area contributed by atoms with Crippen LogP contribution < -0.4 is 42.4 Å². The van der Waals surface area contributed by atoms with Crippen LogP contribution in [0.4, 0.5) is 0 Å². The molecule has 0 amide bonds. The first kappa shape index (κ1) is 46.5. The zero-order chi connectivity index (χ0) is 25.7. The van der Waals surface area contributed by atoms with Crippen molar-refractivity contribution in [2.75, 3.05) is 0 Å². The minimum Gasteiger partial charge on any atom is -1.00 e. The Labute approximate surface area is 280 Å². The van der Waals surface area contributed by atoms with E-state index in [-0.39, 0.29) is 67.7 Å². The van der Waals surface area contributed by atoms with Crippen LogP contribution in [0.15, 0.2) is 47.1 Å². The van der Waals surface area contributed by atoms with Gasteiger partial charge in [0.2, 0.25) is 0 Å². The molecule has 39 heavy (non-hydrogen) atoms. The second-order valence-electron chi connectivity index (χ2n) is 11.0. The molecule has 0 heterocycles. The molecule has 1 aromatic carbocycles. The summed E-state index contributed by atoms with van der Waals surface area (Å²) < 4.78 is 0. The van der Waals surface area contributed by atoms with E-state index in [0.29, 0.717) is 5.92 Å². The number of halogens is 3. The normalized spacial score (nSPS) is 13.8. The maximum absolute atomic E-state index is 3.36. The Kier molecular flexibility index (Phi) is 37.4. The first-order valence-corrected chi connectivity index (χ1v) is 17.3. The van der Waals surface area contributed by atoms with E-state index in [1.807, 2.05) is 0 Å². The van der Waals surface area contributed by atoms with Crippen LogP contribution in [0.25, 0.3) is 0 Å². The minimum absolute atomic E-state index is 0. The largest absolute Gasteiger partial charge is 4.00 e. The molecule has 0 spiro atoms. The molecule has 1 aliphatic rings. The van der Waals surface area contributed by atoms with Gasteiger partial charge in [-0.15, -0.1) is 6.92 Å². The predicted molar refractivity (Wildman–Crippen MR) is 162 cm³/mol. The maximum atomic E-state index is 3.36. The average Bonchev–Trinajstić information content (AvgIpc) is 3.09. The van der Waals surface area contributed by atoms with Gasteiger partial charge in [0.05, 0.1) is 8.80 Å². The Hall–Kier alpha value is 0.501.